The number of rotatable bonds is 4. The van der Waals surface area contributed by atoms with E-state index in [-0.39, 0.29) is 5.56 Å². The van der Waals surface area contributed by atoms with Crippen LogP contribution in [0.4, 0.5) is 13.2 Å². The van der Waals surface area contributed by atoms with E-state index in [0.717, 1.165) is 0 Å². The first kappa shape index (κ1) is 12.6. The van der Waals surface area contributed by atoms with Gasteiger partial charge in [0, 0.05) is 0 Å². The van der Waals surface area contributed by atoms with Crippen molar-refractivity contribution in [2.75, 3.05) is 6.61 Å². The van der Waals surface area contributed by atoms with Crippen LogP contribution in [0.5, 0.6) is 5.75 Å². The second-order valence-corrected chi connectivity index (χ2v) is 3.19. The lowest BCUT2D eigenvalue weighted by molar-refractivity contribution is -0.149. The van der Waals surface area contributed by atoms with E-state index in [1.807, 2.05) is 0 Å². The molecule has 0 aliphatic rings. The number of benzene rings is 1. The molecule has 88 valence electrons. The molecule has 1 rings (SSSR count). The van der Waals surface area contributed by atoms with Crippen LogP contribution in [0.3, 0.4) is 0 Å². The highest BCUT2D eigenvalue weighted by Crippen LogP contribution is 2.31. The maximum atomic E-state index is 12.3. The lowest BCUT2D eigenvalue weighted by Gasteiger charge is -2.16. The summed E-state index contributed by atoms with van der Waals surface area (Å²) < 4.78 is 41.9. The van der Waals surface area contributed by atoms with Crippen molar-refractivity contribution in [3.05, 3.63) is 42.5 Å². The molecular formula is C11H12F3NO. The van der Waals surface area contributed by atoms with Crippen LogP contribution in [0.2, 0.25) is 0 Å². The van der Waals surface area contributed by atoms with Crippen molar-refractivity contribution in [2.24, 2.45) is 5.73 Å². The summed E-state index contributed by atoms with van der Waals surface area (Å²) in [5.74, 6) is 0.484. The Hall–Kier alpha value is -1.49. The Kier molecular flexibility index (Phi) is 3.95. The highest BCUT2D eigenvalue weighted by atomic mass is 19.4. The third-order valence-corrected chi connectivity index (χ3v) is 1.96. The predicted octanol–water partition coefficient (Wildman–Crippen LogP) is 2.81. The molecule has 5 heteroatoms. The average molecular weight is 231 g/mol. The topological polar surface area (TPSA) is 35.2 Å². The molecule has 0 saturated heterocycles. The van der Waals surface area contributed by atoms with E-state index in [1.165, 1.54) is 24.3 Å². The zero-order valence-corrected chi connectivity index (χ0v) is 8.50. The first-order chi connectivity index (χ1) is 7.45. The molecule has 0 heterocycles. The molecule has 2 nitrogen and oxygen atoms in total. The number of hydrogen-bond donors (Lipinski definition) is 1. The SMILES string of the molecule is C=CCOc1ccc([C@H](N)C(F)(F)F)cc1. The van der Waals surface area contributed by atoms with Gasteiger partial charge in [0.1, 0.15) is 18.4 Å². The number of nitrogens with two attached hydrogens (primary N) is 1. The lowest BCUT2D eigenvalue weighted by Crippen LogP contribution is -2.28. The summed E-state index contributed by atoms with van der Waals surface area (Å²) in [6.45, 7) is 3.77. The molecule has 0 aromatic heterocycles. The molecule has 1 atom stereocenters. The van der Waals surface area contributed by atoms with Crippen LogP contribution < -0.4 is 10.5 Å². The molecule has 1 aromatic rings. The zero-order valence-electron chi connectivity index (χ0n) is 8.50. The molecule has 0 unspecified atom stereocenters. The summed E-state index contributed by atoms with van der Waals surface area (Å²) in [7, 11) is 0. The monoisotopic (exact) mass is 231 g/mol. The second-order valence-electron chi connectivity index (χ2n) is 3.19. The average Bonchev–Trinajstić information content (AvgIpc) is 2.25. The third kappa shape index (κ3) is 3.27. The molecule has 2 N–H and O–H groups in total. The molecule has 0 bridgehead atoms. The van der Waals surface area contributed by atoms with Gasteiger partial charge in [-0.3, -0.25) is 0 Å². The fourth-order valence-electron chi connectivity index (χ4n) is 1.12. The Morgan fingerprint density at radius 1 is 1.31 bits per heavy atom. The highest BCUT2D eigenvalue weighted by molar-refractivity contribution is 5.29. The van der Waals surface area contributed by atoms with Crippen LogP contribution in [0.15, 0.2) is 36.9 Å². The maximum Gasteiger partial charge on any atom is 0.407 e. The van der Waals surface area contributed by atoms with Crippen molar-refractivity contribution in [1.82, 2.24) is 0 Å². The maximum absolute atomic E-state index is 12.3. The molecule has 0 fully saturated rings. The van der Waals surface area contributed by atoms with Gasteiger partial charge >= 0.3 is 6.18 Å². The van der Waals surface area contributed by atoms with Gasteiger partial charge in [-0.05, 0) is 17.7 Å². The van der Waals surface area contributed by atoms with Crippen molar-refractivity contribution >= 4 is 0 Å². The summed E-state index contributed by atoms with van der Waals surface area (Å²) >= 11 is 0. The summed E-state index contributed by atoms with van der Waals surface area (Å²) in [5, 5.41) is 0. The van der Waals surface area contributed by atoms with Crippen molar-refractivity contribution < 1.29 is 17.9 Å². The molecule has 0 spiro atoms. The largest absolute Gasteiger partial charge is 0.490 e. The van der Waals surface area contributed by atoms with Crippen LogP contribution >= 0.6 is 0 Å². The molecule has 0 aliphatic heterocycles. The molecule has 0 radical (unpaired) electrons. The molecule has 0 saturated carbocycles. The minimum absolute atomic E-state index is 0.0125. The van der Waals surface area contributed by atoms with E-state index in [9.17, 15) is 13.2 Å². The highest BCUT2D eigenvalue weighted by Gasteiger charge is 2.37. The normalized spacial score (nSPS) is 13.2. The minimum Gasteiger partial charge on any atom is -0.490 e. The number of ether oxygens (including phenoxy) is 1. The van der Waals surface area contributed by atoms with Gasteiger partial charge in [0.2, 0.25) is 0 Å². The van der Waals surface area contributed by atoms with Crippen molar-refractivity contribution in [2.45, 2.75) is 12.2 Å². The Morgan fingerprint density at radius 2 is 1.88 bits per heavy atom. The van der Waals surface area contributed by atoms with E-state index >= 15 is 0 Å². The van der Waals surface area contributed by atoms with Crippen LogP contribution in [0, 0.1) is 0 Å². The smallest absolute Gasteiger partial charge is 0.407 e. The van der Waals surface area contributed by atoms with Gasteiger partial charge in [-0.25, -0.2) is 0 Å². The van der Waals surface area contributed by atoms with Crippen molar-refractivity contribution in [3.8, 4) is 5.75 Å². The van der Waals surface area contributed by atoms with E-state index in [4.69, 9.17) is 10.5 Å². The number of alkyl halides is 3. The van der Waals surface area contributed by atoms with Crippen LogP contribution in [-0.4, -0.2) is 12.8 Å². The minimum atomic E-state index is -4.43. The summed E-state index contributed by atoms with van der Waals surface area (Å²) in [4.78, 5) is 0. The Balaban J connectivity index is 2.74. The molecule has 0 aliphatic carbocycles. The molecule has 16 heavy (non-hydrogen) atoms. The van der Waals surface area contributed by atoms with Gasteiger partial charge in [0.05, 0.1) is 0 Å². The van der Waals surface area contributed by atoms with E-state index in [2.05, 4.69) is 6.58 Å². The number of halogens is 3. The first-order valence-electron chi connectivity index (χ1n) is 4.61. The Morgan fingerprint density at radius 3 is 2.31 bits per heavy atom. The van der Waals surface area contributed by atoms with Gasteiger partial charge in [-0.1, -0.05) is 24.8 Å². The zero-order chi connectivity index (χ0) is 12.2. The van der Waals surface area contributed by atoms with Gasteiger partial charge in [-0.15, -0.1) is 0 Å². The second kappa shape index (κ2) is 5.03. The molecular weight excluding hydrogens is 219 g/mol. The fraction of sp³-hybridized carbons (Fsp3) is 0.273. The lowest BCUT2D eigenvalue weighted by atomic mass is 10.1. The van der Waals surface area contributed by atoms with Crippen LogP contribution in [0.25, 0.3) is 0 Å². The van der Waals surface area contributed by atoms with E-state index < -0.39 is 12.2 Å². The van der Waals surface area contributed by atoms with Gasteiger partial charge in [0.15, 0.2) is 0 Å². The van der Waals surface area contributed by atoms with Gasteiger partial charge in [-0.2, -0.15) is 13.2 Å². The van der Waals surface area contributed by atoms with Crippen LogP contribution in [0.1, 0.15) is 11.6 Å². The standard InChI is InChI=1S/C11H12F3NO/c1-2-7-16-9-5-3-8(4-6-9)10(15)11(12,13)14/h2-6,10H,1,7,15H2/t10-/m0/s1. The predicted molar refractivity (Wildman–Crippen MR) is 55.1 cm³/mol. The van der Waals surface area contributed by atoms with Crippen LogP contribution in [-0.2, 0) is 0 Å². The van der Waals surface area contributed by atoms with Gasteiger partial charge in [0.25, 0.3) is 0 Å². The fourth-order valence-corrected chi connectivity index (χ4v) is 1.12. The molecule has 1 aromatic carbocycles. The summed E-state index contributed by atoms with van der Waals surface area (Å²) in [6, 6.07) is 3.54. The Bertz CT molecular complexity index is 345. The number of hydrogen-bond acceptors (Lipinski definition) is 2. The van der Waals surface area contributed by atoms with Crippen molar-refractivity contribution in [1.29, 1.82) is 0 Å². The van der Waals surface area contributed by atoms with Crippen molar-refractivity contribution in [3.63, 3.8) is 0 Å². The summed E-state index contributed by atoms with van der Waals surface area (Å²) in [6.07, 6.45) is -2.88. The third-order valence-electron chi connectivity index (χ3n) is 1.96. The quantitative estimate of drug-likeness (QED) is 0.809. The van der Waals surface area contributed by atoms with E-state index in [0.29, 0.717) is 12.4 Å². The van der Waals surface area contributed by atoms with Gasteiger partial charge < -0.3 is 10.5 Å². The Labute approximate surface area is 91.5 Å². The van der Waals surface area contributed by atoms with E-state index in [1.54, 1.807) is 6.08 Å². The summed E-state index contributed by atoms with van der Waals surface area (Å²) in [5.41, 5.74) is 5.05. The molecule has 0 amide bonds. The first-order valence-corrected chi connectivity index (χ1v) is 4.61.